The van der Waals surface area contributed by atoms with Gasteiger partial charge >= 0.3 is 5.97 Å². The number of carboxylic acid groups (broad SMARTS) is 1. The van der Waals surface area contributed by atoms with Crippen molar-refractivity contribution in [3.05, 3.63) is 52.1 Å². The molecule has 0 aromatic heterocycles. The first-order chi connectivity index (χ1) is 12.6. The first-order valence-electron chi connectivity index (χ1n) is 9.40. The molecule has 1 aliphatic rings. The third-order valence-corrected chi connectivity index (χ3v) is 4.88. The number of aryl methyl sites for hydroxylation is 1. The monoisotopic (exact) mass is 370 g/mol. The highest BCUT2D eigenvalue weighted by atomic mass is 16.5. The van der Waals surface area contributed by atoms with Crippen LogP contribution in [0.25, 0.3) is 6.08 Å². The Morgan fingerprint density at radius 2 is 1.93 bits per heavy atom. The molecule has 2 rings (SSSR count). The summed E-state index contributed by atoms with van der Waals surface area (Å²) in [5, 5.41) is 19.6. The van der Waals surface area contributed by atoms with Crippen molar-refractivity contribution in [3.63, 3.8) is 0 Å². The molecule has 0 fully saturated rings. The summed E-state index contributed by atoms with van der Waals surface area (Å²) >= 11 is 0. The number of rotatable bonds is 7. The van der Waals surface area contributed by atoms with Gasteiger partial charge in [-0.2, -0.15) is 0 Å². The van der Waals surface area contributed by atoms with E-state index < -0.39 is 11.6 Å². The number of aromatic hydroxyl groups is 1. The van der Waals surface area contributed by atoms with Crippen LogP contribution in [0.3, 0.4) is 0 Å². The lowest BCUT2D eigenvalue weighted by Crippen LogP contribution is -2.31. The van der Waals surface area contributed by atoms with Gasteiger partial charge in [-0.15, -0.1) is 0 Å². The van der Waals surface area contributed by atoms with Crippen molar-refractivity contribution in [3.8, 4) is 11.5 Å². The van der Waals surface area contributed by atoms with E-state index >= 15 is 0 Å². The van der Waals surface area contributed by atoms with Gasteiger partial charge in [0.05, 0.1) is 5.56 Å². The van der Waals surface area contributed by atoms with Gasteiger partial charge < -0.3 is 14.9 Å². The summed E-state index contributed by atoms with van der Waals surface area (Å²) in [6, 6.07) is 1.70. The number of aromatic carboxylic acids is 1. The molecule has 0 aliphatic carbocycles. The molecule has 146 valence electrons. The third-order valence-electron chi connectivity index (χ3n) is 4.88. The van der Waals surface area contributed by atoms with Crippen molar-refractivity contribution < 1.29 is 19.7 Å². The normalized spacial score (nSPS) is 18.6. The van der Waals surface area contributed by atoms with Crippen LogP contribution < -0.4 is 4.74 Å². The topological polar surface area (TPSA) is 66.8 Å². The lowest BCUT2D eigenvalue weighted by molar-refractivity contribution is 0.0692. The van der Waals surface area contributed by atoms with E-state index in [1.54, 1.807) is 19.1 Å². The Labute approximate surface area is 161 Å². The molecule has 0 saturated carbocycles. The minimum Gasteiger partial charge on any atom is -0.506 e. The number of hydrogen-bond donors (Lipinski definition) is 2. The van der Waals surface area contributed by atoms with E-state index in [1.165, 1.54) is 11.1 Å². The Balaban J connectivity index is 2.07. The SMILES string of the molecule is CC(C)=CCC/C(C)=C\CC[C@]1(C)C=Cc2c(cc(C)c(C(=O)O)c2O)O1. The number of phenols is 1. The third kappa shape index (κ3) is 5.25. The fraction of sp³-hybridized carbons (Fsp3) is 0.435. The predicted octanol–water partition coefficient (Wildman–Crippen LogP) is 6.04. The Morgan fingerprint density at radius 1 is 1.22 bits per heavy atom. The van der Waals surface area contributed by atoms with Crippen molar-refractivity contribution in [2.24, 2.45) is 0 Å². The summed E-state index contributed by atoms with van der Waals surface area (Å²) in [7, 11) is 0. The zero-order valence-electron chi connectivity index (χ0n) is 16.9. The Kier molecular flexibility index (Phi) is 6.53. The molecule has 1 atom stereocenters. The maximum Gasteiger partial charge on any atom is 0.339 e. The van der Waals surface area contributed by atoms with Gasteiger partial charge in [0.15, 0.2) is 0 Å². The van der Waals surface area contributed by atoms with Crippen molar-refractivity contribution in [1.29, 1.82) is 0 Å². The highest BCUT2D eigenvalue weighted by Gasteiger charge is 2.30. The summed E-state index contributed by atoms with van der Waals surface area (Å²) < 4.78 is 6.13. The van der Waals surface area contributed by atoms with Crippen LogP contribution in [0.5, 0.6) is 11.5 Å². The van der Waals surface area contributed by atoms with Gasteiger partial charge in [0.2, 0.25) is 0 Å². The summed E-state index contributed by atoms with van der Waals surface area (Å²) in [5.41, 5.74) is 3.10. The van der Waals surface area contributed by atoms with Gasteiger partial charge in [0.25, 0.3) is 0 Å². The Hall–Kier alpha value is -2.49. The minimum absolute atomic E-state index is 0.0690. The van der Waals surface area contributed by atoms with E-state index in [1.807, 2.05) is 13.0 Å². The number of fused-ring (bicyclic) bond motifs is 1. The van der Waals surface area contributed by atoms with Crippen LogP contribution in [0.1, 0.15) is 74.9 Å². The second-order valence-corrected chi connectivity index (χ2v) is 7.79. The first-order valence-corrected chi connectivity index (χ1v) is 9.40. The second-order valence-electron chi connectivity index (χ2n) is 7.79. The number of benzene rings is 1. The van der Waals surface area contributed by atoms with Crippen LogP contribution in [-0.4, -0.2) is 21.8 Å². The van der Waals surface area contributed by atoms with Crippen LogP contribution in [0.15, 0.2) is 35.4 Å². The van der Waals surface area contributed by atoms with Crippen molar-refractivity contribution in [2.45, 2.75) is 65.9 Å². The summed E-state index contributed by atoms with van der Waals surface area (Å²) in [6.07, 6.45) is 12.0. The number of hydrogen-bond acceptors (Lipinski definition) is 3. The quantitative estimate of drug-likeness (QED) is 0.575. The van der Waals surface area contributed by atoms with Gasteiger partial charge in [0, 0.05) is 0 Å². The second kappa shape index (κ2) is 8.47. The smallest absolute Gasteiger partial charge is 0.339 e. The van der Waals surface area contributed by atoms with Crippen molar-refractivity contribution >= 4 is 12.0 Å². The summed E-state index contributed by atoms with van der Waals surface area (Å²) in [5.74, 6) is -0.835. The van der Waals surface area contributed by atoms with Gasteiger partial charge in [0.1, 0.15) is 22.7 Å². The molecule has 0 amide bonds. The Bertz CT molecular complexity index is 810. The fourth-order valence-corrected chi connectivity index (χ4v) is 3.28. The van der Waals surface area contributed by atoms with Crippen LogP contribution in [0.4, 0.5) is 0 Å². The van der Waals surface area contributed by atoms with Gasteiger partial charge in [-0.25, -0.2) is 4.79 Å². The van der Waals surface area contributed by atoms with Crippen LogP contribution in [-0.2, 0) is 0 Å². The molecule has 4 nitrogen and oxygen atoms in total. The van der Waals surface area contributed by atoms with E-state index in [2.05, 4.69) is 32.9 Å². The van der Waals surface area contributed by atoms with E-state index in [0.29, 0.717) is 16.9 Å². The number of carboxylic acids is 1. The largest absolute Gasteiger partial charge is 0.506 e. The average Bonchev–Trinajstić information content (AvgIpc) is 2.53. The summed E-state index contributed by atoms with van der Waals surface area (Å²) in [4.78, 5) is 11.3. The van der Waals surface area contributed by atoms with Gasteiger partial charge in [-0.1, -0.05) is 23.3 Å². The first kappa shape index (κ1) is 20.8. The summed E-state index contributed by atoms with van der Waals surface area (Å²) in [6.45, 7) is 10.1. The number of allylic oxidation sites excluding steroid dienone is 4. The van der Waals surface area contributed by atoms with Crippen molar-refractivity contribution in [1.82, 2.24) is 0 Å². The molecular weight excluding hydrogens is 340 g/mol. The molecule has 1 aromatic rings. The van der Waals surface area contributed by atoms with Crippen molar-refractivity contribution in [2.75, 3.05) is 0 Å². The number of carbonyl (C=O) groups is 1. The molecule has 0 bridgehead atoms. The number of ether oxygens (including phenoxy) is 1. The minimum atomic E-state index is -1.14. The van der Waals surface area contributed by atoms with Crippen LogP contribution in [0.2, 0.25) is 0 Å². The standard InChI is InChI=1S/C23H30O4/c1-15(2)8-6-9-16(3)10-7-12-23(5)13-11-18-19(27-23)14-17(4)20(21(18)24)22(25)26/h8,10-11,13-14,24H,6-7,9,12H2,1-5H3,(H,25,26)/b16-10-/t23-/m1/s1. The molecule has 0 spiro atoms. The molecule has 0 unspecified atom stereocenters. The maximum absolute atomic E-state index is 11.3. The van der Waals surface area contributed by atoms with Gasteiger partial charge in [-0.05, 0) is 84.1 Å². The fourth-order valence-electron chi connectivity index (χ4n) is 3.28. The van der Waals surface area contributed by atoms with Crippen LogP contribution >= 0.6 is 0 Å². The highest BCUT2D eigenvalue weighted by Crippen LogP contribution is 2.41. The molecule has 1 aliphatic heterocycles. The molecule has 27 heavy (non-hydrogen) atoms. The average molecular weight is 370 g/mol. The molecule has 2 N–H and O–H groups in total. The molecular formula is C23H30O4. The van der Waals surface area contributed by atoms with Crippen LogP contribution in [0, 0.1) is 6.92 Å². The molecule has 1 aromatic carbocycles. The lowest BCUT2D eigenvalue weighted by atomic mass is 9.92. The zero-order chi connectivity index (χ0) is 20.2. The van der Waals surface area contributed by atoms with E-state index in [4.69, 9.17) is 4.74 Å². The predicted molar refractivity (Wildman–Crippen MR) is 110 cm³/mol. The zero-order valence-corrected chi connectivity index (χ0v) is 16.9. The highest BCUT2D eigenvalue weighted by molar-refractivity contribution is 5.95. The van der Waals surface area contributed by atoms with E-state index in [0.717, 1.165) is 25.7 Å². The molecule has 4 heteroatoms. The maximum atomic E-state index is 11.3. The molecule has 0 saturated heterocycles. The van der Waals surface area contributed by atoms with E-state index in [9.17, 15) is 15.0 Å². The van der Waals surface area contributed by atoms with E-state index in [-0.39, 0.29) is 11.3 Å². The lowest BCUT2D eigenvalue weighted by Gasteiger charge is -2.32. The molecule has 0 radical (unpaired) electrons. The molecule has 1 heterocycles. The van der Waals surface area contributed by atoms with Gasteiger partial charge in [-0.3, -0.25) is 0 Å². The Morgan fingerprint density at radius 3 is 2.56 bits per heavy atom.